The van der Waals surface area contributed by atoms with Gasteiger partial charge in [-0.1, -0.05) is 38.5 Å². The molecule has 1 aromatic heterocycles. The van der Waals surface area contributed by atoms with Crippen LogP contribution in [0.5, 0.6) is 0 Å². The van der Waals surface area contributed by atoms with Gasteiger partial charge in [0.05, 0.1) is 5.57 Å². The number of hydrogen-bond acceptors (Lipinski definition) is 2. The molecule has 0 saturated carbocycles. The number of aryl methyl sites for hydroxylation is 2. The molecule has 0 radical (unpaired) electrons. The molecule has 0 aliphatic heterocycles. The van der Waals surface area contributed by atoms with E-state index in [2.05, 4.69) is 41.8 Å². The number of carbonyl (C=O) groups is 1. The van der Waals surface area contributed by atoms with E-state index >= 15 is 0 Å². The van der Waals surface area contributed by atoms with Gasteiger partial charge in [0.15, 0.2) is 5.78 Å². The van der Waals surface area contributed by atoms with Gasteiger partial charge in [-0.3, -0.25) is 4.79 Å². The molecule has 0 bridgehead atoms. The Balaban J connectivity index is 2.52. The van der Waals surface area contributed by atoms with E-state index in [-0.39, 0.29) is 11.4 Å². The van der Waals surface area contributed by atoms with Gasteiger partial charge in [0.25, 0.3) is 0 Å². The van der Waals surface area contributed by atoms with Crippen molar-refractivity contribution in [3.63, 3.8) is 0 Å². The van der Waals surface area contributed by atoms with Crippen LogP contribution < -0.4 is 0 Å². The zero-order valence-corrected chi connectivity index (χ0v) is 15.3. The summed E-state index contributed by atoms with van der Waals surface area (Å²) in [5.41, 5.74) is 4.92. The molecule has 0 aliphatic carbocycles. The lowest BCUT2D eigenvalue weighted by Gasteiger charge is -2.15. The molecule has 0 unspecified atom stereocenters. The zero-order chi connectivity index (χ0) is 18.1. The standard InChI is InChI=1S/C21H24N2O/c1-14-7-9-19(10-8-14)23-15(2)11-17(16(23)3)12-18(13-22)20(24)21(4,5)6/h7-12H,1-6H3/b18-12+. The maximum absolute atomic E-state index is 12.4. The van der Waals surface area contributed by atoms with Crippen molar-refractivity contribution in [2.45, 2.75) is 41.5 Å². The number of nitrogens with zero attached hydrogens (tertiary/aromatic N) is 2. The second-order valence-electron chi connectivity index (χ2n) is 7.25. The number of ketones is 1. The highest BCUT2D eigenvalue weighted by atomic mass is 16.1. The Labute approximate surface area is 144 Å². The normalized spacial score (nSPS) is 12.1. The van der Waals surface area contributed by atoms with Crippen LogP contribution in [0.4, 0.5) is 0 Å². The molecule has 0 N–H and O–H groups in total. The minimum absolute atomic E-state index is 0.134. The lowest BCUT2D eigenvalue weighted by atomic mass is 9.86. The maximum Gasteiger partial charge on any atom is 0.178 e. The van der Waals surface area contributed by atoms with Crippen LogP contribution in [0.1, 0.15) is 43.3 Å². The fourth-order valence-electron chi connectivity index (χ4n) is 2.73. The summed E-state index contributed by atoms with van der Waals surface area (Å²) in [6.45, 7) is 11.6. The molecule has 3 heteroatoms. The highest BCUT2D eigenvalue weighted by Crippen LogP contribution is 2.26. The van der Waals surface area contributed by atoms with Crippen molar-refractivity contribution in [3.05, 3.63) is 58.4 Å². The van der Waals surface area contributed by atoms with Gasteiger partial charge in [-0.05, 0) is 50.6 Å². The fraction of sp³-hybridized carbons (Fsp3) is 0.333. The number of benzene rings is 1. The monoisotopic (exact) mass is 320 g/mol. The molecule has 0 amide bonds. The maximum atomic E-state index is 12.4. The number of Topliss-reactive ketones (excluding diaryl/α,β-unsaturated/α-hetero) is 1. The van der Waals surface area contributed by atoms with E-state index in [1.165, 1.54) is 5.56 Å². The average Bonchev–Trinajstić information content (AvgIpc) is 2.78. The first-order valence-corrected chi connectivity index (χ1v) is 8.07. The first kappa shape index (κ1) is 17.7. The highest BCUT2D eigenvalue weighted by molar-refractivity contribution is 6.06. The highest BCUT2D eigenvalue weighted by Gasteiger charge is 2.25. The summed E-state index contributed by atoms with van der Waals surface area (Å²) in [6, 6.07) is 12.4. The largest absolute Gasteiger partial charge is 0.318 e. The van der Waals surface area contributed by atoms with Gasteiger partial charge in [-0.15, -0.1) is 0 Å². The van der Waals surface area contributed by atoms with Crippen molar-refractivity contribution >= 4 is 11.9 Å². The van der Waals surface area contributed by atoms with Crippen molar-refractivity contribution in [1.82, 2.24) is 4.57 Å². The predicted molar refractivity (Wildman–Crippen MR) is 98.0 cm³/mol. The van der Waals surface area contributed by atoms with Gasteiger partial charge in [0.1, 0.15) is 6.07 Å². The van der Waals surface area contributed by atoms with E-state index in [0.717, 1.165) is 22.6 Å². The molecule has 0 aliphatic rings. The molecule has 3 nitrogen and oxygen atoms in total. The van der Waals surface area contributed by atoms with Crippen molar-refractivity contribution in [3.8, 4) is 11.8 Å². The van der Waals surface area contributed by atoms with Gasteiger partial charge < -0.3 is 4.57 Å². The number of hydrogen-bond donors (Lipinski definition) is 0. The zero-order valence-electron chi connectivity index (χ0n) is 15.3. The Morgan fingerprint density at radius 3 is 2.21 bits per heavy atom. The first-order chi connectivity index (χ1) is 11.1. The Morgan fingerprint density at radius 2 is 1.71 bits per heavy atom. The number of carbonyl (C=O) groups excluding carboxylic acids is 1. The first-order valence-electron chi connectivity index (χ1n) is 8.07. The van der Waals surface area contributed by atoms with Gasteiger partial charge in [-0.25, -0.2) is 0 Å². The van der Waals surface area contributed by atoms with Crippen LogP contribution in [0, 0.1) is 37.5 Å². The number of rotatable bonds is 3. The minimum atomic E-state index is -0.565. The molecule has 24 heavy (non-hydrogen) atoms. The summed E-state index contributed by atoms with van der Waals surface area (Å²) in [6.07, 6.45) is 1.71. The summed E-state index contributed by atoms with van der Waals surface area (Å²) in [4.78, 5) is 12.4. The van der Waals surface area contributed by atoms with Crippen molar-refractivity contribution in [1.29, 1.82) is 5.26 Å². The second kappa shape index (κ2) is 6.49. The average molecular weight is 320 g/mol. The van der Waals surface area contributed by atoms with Crippen molar-refractivity contribution in [2.24, 2.45) is 5.41 Å². The van der Waals surface area contributed by atoms with Crippen molar-refractivity contribution in [2.75, 3.05) is 0 Å². The van der Waals surface area contributed by atoms with Crippen LogP contribution >= 0.6 is 0 Å². The number of aromatic nitrogens is 1. The molecule has 2 aromatic rings. The van der Waals surface area contributed by atoms with Crippen LogP contribution in [-0.4, -0.2) is 10.4 Å². The molecule has 0 saturated heterocycles. The second-order valence-corrected chi connectivity index (χ2v) is 7.25. The van der Waals surface area contributed by atoms with E-state index in [4.69, 9.17) is 0 Å². The quantitative estimate of drug-likeness (QED) is 0.595. The third-order valence-electron chi connectivity index (χ3n) is 4.11. The molecule has 0 fully saturated rings. The Bertz CT molecular complexity index is 838. The van der Waals surface area contributed by atoms with E-state index in [1.54, 1.807) is 6.08 Å². The molecule has 2 rings (SSSR count). The van der Waals surface area contributed by atoms with Crippen LogP contribution in [0.15, 0.2) is 35.9 Å². The van der Waals surface area contributed by atoms with Crippen LogP contribution in [0.3, 0.4) is 0 Å². The third kappa shape index (κ3) is 3.49. The Morgan fingerprint density at radius 1 is 1.12 bits per heavy atom. The summed E-state index contributed by atoms with van der Waals surface area (Å²) in [5.74, 6) is -0.134. The fourth-order valence-corrected chi connectivity index (χ4v) is 2.73. The smallest absolute Gasteiger partial charge is 0.178 e. The Kier molecular flexibility index (Phi) is 4.80. The molecule has 1 heterocycles. The van der Waals surface area contributed by atoms with Crippen LogP contribution in [0.25, 0.3) is 11.8 Å². The molecule has 0 spiro atoms. The lowest BCUT2D eigenvalue weighted by molar-refractivity contribution is -0.121. The Hall–Kier alpha value is -2.60. The van der Waals surface area contributed by atoms with E-state index in [9.17, 15) is 10.1 Å². The summed E-state index contributed by atoms with van der Waals surface area (Å²) >= 11 is 0. The number of allylic oxidation sites excluding steroid dienone is 1. The van der Waals surface area contributed by atoms with Gasteiger partial charge >= 0.3 is 0 Å². The summed E-state index contributed by atoms with van der Waals surface area (Å²) in [7, 11) is 0. The van der Waals surface area contributed by atoms with Crippen LogP contribution in [0.2, 0.25) is 0 Å². The molecular formula is C21H24N2O. The van der Waals surface area contributed by atoms with E-state index < -0.39 is 5.41 Å². The topological polar surface area (TPSA) is 45.8 Å². The van der Waals surface area contributed by atoms with Gasteiger partial charge in [0, 0.05) is 22.5 Å². The molecule has 124 valence electrons. The SMILES string of the molecule is Cc1ccc(-n2c(C)cc(/C=C(\C#N)C(=O)C(C)(C)C)c2C)cc1. The molecule has 0 atom stereocenters. The third-order valence-corrected chi connectivity index (χ3v) is 4.11. The summed E-state index contributed by atoms with van der Waals surface area (Å²) < 4.78 is 2.14. The molecule has 1 aromatic carbocycles. The van der Waals surface area contributed by atoms with Crippen molar-refractivity contribution < 1.29 is 4.79 Å². The van der Waals surface area contributed by atoms with Crippen LogP contribution in [-0.2, 0) is 4.79 Å². The lowest BCUT2D eigenvalue weighted by Crippen LogP contribution is -2.21. The van der Waals surface area contributed by atoms with Gasteiger partial charge in [-0.2, -0.15) is 5.26 Å². The van der Waals surface area contributed by atoms with E-state index in [1.807, 2.05) is 40.7 Å². The van der Waals surface area contributed by atoms with Gasteiger partial charge in [0.2, 0.25) is 0 Å². The predicted octanol–water partition coefficient (Wildman–Crippen LogP) is 4.92. The summed E-state index contributed by atoms with van der Waals surface area (Å²) in [5, 5.41) is 9.39. The van der Waals surface area contributed by atoms with E-state index in [0.29, 0.717) is 0 Å². The minimum Gasteiger partial charge on any atom is -0.318 e. The molecular weight excluding hydrogens is 296 g/mol. The number of nitriles is 1.